The van der Waals surface area contributed by atoms with Gasteiger partial charge in [0.25, 0.3) is 0 Å². The Kier molecular flexibility index (Phi) is 6.05. The molecule has 2 rings (SSSR count). The minimum Gasteiger partial charge on any atom is -0.477 e. The average molecular weight is 273 g/mol. The van der Waals surface area contributed by atoms with Crippen LogP contribution in [-0.4, -0.2) is 37.6 Å². The third kappa shape index (κ3) is 5.50. The Hall–Kier alpha value is -3.09. The van der Waals surface area contributed by atoms with Crippen molar-refractivity contribution in [3.63, 3.8) is 0 Å². The van der Waals surface area contributed by atoms with E-state index in [1.807, 2.05) is 0 Å². The molecule has 1 heterocycles. The smallest absolute Gasteiger partial charge is 0.343 e. The van der Waals surface area contributed by atoms with Gasteiger partial charge in [0.2, 0.25) is 0 Å². The van der Waals surface area contributed by atoms with Crippen molar-refractivity contribution in [2.24, 2.45) is 0 Å². The van der Waals surface area contributed by atoms with Crippen molar-refractivity contribution in [2.75, 3.05) is 0 Å². The van der Waals surface area contributed by atoms with E-state index in [0.29, 0.717) is 5.56 Å². The predicted octanol–water partition coefficient (Wildman–Crippen LogP) is 1.11. The van der Waals surface area contributed by atoms with Gasteiger partial charge >= 0.3 is 11.9 Å². The lowest BCUT2D eigenvalue weighted by Crippen LogP contribution is -2.10. The molecule has 0 saturated heterocycles. The molecule has 7 heteroatoms. The van der Waals surface area contributed by atoms with E-state index in [9.17, 15) is 9.59 Å². The van der Waals surface area contributed by atoms with Gasteiger partial charge in [0.1, 0.15) is 5.57 Å². The molecular formula is C13H11N3O4. The van der Waals surface area contributed by atoms with Crippen LogP contribution >= 0.6 is 0 Å². The van der Waals surface area contributed by atoms with Crippen LogP contribution in [0.4, 0.5) is 0 Å². The number of nitrogens with zero attached hydrogens (tertiary/aromatic N) is 3. The summed E-state index contributed by atoms with van der Waals surface area (Å²) in [5, 5.41) is 27.2. The first kappa shape index (κ1) is 15.0. The van der Waals surface area contributed by atoms with Gasteiger partial charge in [0.05, 0.1) is 12.4 Å². The monoisotopic (exact) mass is 273 g/mol. The second-order valence-corrected chi connectivity index (χ2v) is 3.39. The van der Waals surface area contributed by atoms with Crippen LogP contribution in [0.5, 0.6) is 0 Å². The third-order valence-electron chi connectivity index (χ3n) is 1.98. The van der Waals surface area contributed by atoms with Gasteiger partial charge in [-0.25, -0.2) is 9.59 Å². The number of rotatable bonds is 3. The topological polar surface area (TPSA) is 113 Å². The van der Waals surface area contributed by atoms with Crippen LogP contribution in [0.2, 0.25) is 0 Å². The van der Waals surface area contributed by atoms with E-state index in [-0.39, 0.29) is 0 Å². The molecule has 0 aliphatic rings. The first-order chi connectivity index (χ1) is 9.61. The summed E-state index contributed by atoms with van der Waals surface area (Å²) in [6.45, 7) is 0. The summed E-state index contributed by atoms with van der Waals surface area (Å²) >= 11 is 0. The third-order valence-corrected chi connectivity index (χ3v) is 1.98. The summed E-state index contributed by atoms with van der Waals surface area (Å²) in [5.74, 6) is -2.89. The zero-order valence-electron chi connectivity index (χ0n) is 10.2. The second kappa shape index (κ2) is 8.09. The molecule has 0 atom stereocenters. The van der Waals surface area contributed by atoms with E-state index in [1.165, 1.54) is 0 Å². The SMILES string of the molecule is O=C(O)C(=Cc1ccccc1)C(=O)O.c1cnnnc1. The number of carboxylic acids is 2. The maximum atomic E-state index is 10.5. The minimum absolute atomic E-state index is 0.548. The average Bonchev–Trinajstić information content (AvgIpc) is 2.48. The molecule has 0 aliphatic carbocycles. The number of aliphatic carboxylic acids is 2. The molecule has 0 unspecified atom stereocenters. The van der Waals surface area contributed by atoms with Gasteiger partial charge < -0.3 is 10.2 Å². The molecule has 1 aromatic carbocycles. The first-order valence-electron chi connectivity index (χ1n) is 5.43. The van der Waals surface area contributed by atoms with Crippen molar-refractivity contribution >= 4 is 18.0 Å². The van der Waals surface area contributed by atoms with Crippen molar-refractivity contribution in [3.05, 3.63) is 59.9 Å². The maximum Gasteiger partial charge on any atom is 0.343 e. The quantitative estimate of drug-likeness (QED) is 0.489. The van der Waals surface area contributed by atoms with Crippen molar-refractivity contribution in [3.8, 4) is 0 Å². The summed E-state index contributed by atoms with van der Waals surface area (Å²) in [6.07, 6.45) is 4.27. The molecule has 20 heavy (non-hydrogen) atoms. The van der Waals surface area contributed by atoms with Crippen LogP contribution in [0.3, 0.4) is 0 Å². The number of benzene rings is 1. The molecule has 0 radical (unpaired) electrons. The van der Waals surface area contributed by atoms with Gasteiger partial charge in [-0.3, -0.25) is 0 Å². The van der Waals surface area contributed by atoms with Gasteiger partial charge in [-0.15, -0.1) is 10.2 Å². The number of carbonyl (C=O) groups is 2. The fourth-order valence-corrected chi connectivity index (χ4v) is 1.14. The number of hydrogen-bond acceptors (Lipinski definition) is 5. The Morgan fingerprint density at radius 2 is 1.45 bits per heavy atom. The number of carboxylic acid groups (broad SMARTS) is 2. The summed E-state index contributed by atoms with van der Waals surface area (Å²) < 4.78 is 0. The fourth-order valence-electron chi connectivity index (χ4n) is 1.14. The molecule has 102 valence electrons. The van der Waals surface area contributed by atoms with Gasteiger partial charge in [0.15, 0.2) is 0 Å². The second-order valence-electron chi connectivity index (χ2n) is 3.39. The summed E-state index contributed by atoms with van der Waals surface area (Å²) in [7, 11) is 0. The molecule has 0 spiro atoms. The lowest BCUT2D eigenvalue weighted by atomic mass is 10.1. The molecular weight excluding hydrogens is 262 g/mol. The zero-order valence-corrected chi connectivity index (χ0v) is 10.2. The highest BCUT2D eigenvalue weighted by atomic mass is 16.4. The summed E-state index contributed by atoms with van der Waals surface area (Å²) in [6, 6.07) is 10.1. The Morgan fingerprint density at radius 3 is 1.80 bits per heavy atom. The lowest BCUT2D eigenvalue weighted by molar-refractivity contribution is -0.140. The highest BCUT2D eigenvalue weighted by molar-refractivity contribution is 6.16. The Morgan fingerprint density at radius 1 is 0.900 bits per heavy atom. The highest BCUT2D eigenvalue weighted by Crippen LogP contribution is 2.06. The van der Waals surface area contributed by atoms with Crippen LogP contribution in [-0.2, 0) is 9.59 Å². The van der Waals surface area contributed by atoms with Crippen molar-refractivity contribution in [1.82, 2.24) is 15.4 Å². The van der Waals surface area contributed by atoms with Crippen LogP contribution < -0.4 is 0 Å². The molecule has 2 aromatic rings. The largest absolute Gasteiger partial charge is 0.477 e. The van der Waals surface area contributed by atoms with Crippen LogP contribution in [0, 0.1) is 0 Å². The lowest BCUT2D eigenvalue weighted by Gasteiger charge is -1.95. The highest BCUT2D eigenvalue weighted by Gasteiger charge is 2.15. The van der Waals surface area contributed by atoms with E-state index >= 15 is 0 Å². The first-order valence-corrected chi connectivity index (χ1v) is 5.43. The molecule has 0 bridgehead atoms. The van der Waals surface area contributed by atoms with Crippen molar-refractivity contribution in [2.45, 2.75) is 0 Å². The van der Waals surface area contributed by atoms with E-state index in [1.54, 1.807) is 48.8 Å². The maximum absolute atomic E-state index is 10.5. The zero-order chi connectivity index (χ0) is 14.8. The molecule has 0 saturated carbocycles. The van der Waals surface area contributed by atoms with Gasteiger partial charge in [-0.2, -0.15) is 0 Å². The van der Waals surface area contributed by atoms with Gasteiger partial charge in [0, 0.05) is 0 Å². The molecule has 0 aliphatic heterocycles. The molecule has 7 nitrogen and oxygen atoms in total. The number of hydrogen-bond donors (Lipinski definition) is 2. The fraction of sp³-hybridized carbons (Fsp3) is 0. The Bertz CT molecular complexity index is 542. The number of aromatic nitrogens is 3. The van der Waals surface area contributed by atoms with Crippen LogP contribution in [0.15, 0.2) is 54.4 Å². The van der Waals surface area contributed by atoms with E-state index < -0.39 is 17.5 Å². The molecule has 0 fully saturated rings. The van der Waals surface area contributed by atoms with Crippen molar-refractivity contribution in [1.29, 1.82) is 0 Å². The van der Waals surface area contributed by atoms with Crippen LogP contribution in [0.25, 0.3) is 6.08 Å². The standard InChI is InChI=1S/C10H8O4.C3H3N3/c11-9(12)8(10(13)14)6-7-4-2-1-3-5-7;1-2-4-6-5-3-1/h1-6H,(H,11,12)(H,13,14);1-3H. The minimum atomic E-state index is -1.44. The summed E-state index contributed by atoms with van der Waals surface area (Å²) in [4.78, 5) is 21.0. The van der Waals surface area contributed by atoms with Crippen LogP contribution in [0.1, 0.15) is 5.56 Å². The van der Waals surface area contributed by atoms with Gasteiger partial charge in [-0.1, -0.05) is 30.3 Å². The summed E-state index contributed by atoms with van der Waals surface area (Å²) in [5.41, 5.74) is -0.0940. The Balaban J connectivity index is 0.000000276. The van der Waals surface area contributed by atoms with E-state index in [2.05, 4.69) is 15.4 Å². The molecule has 0 amide bonds. The van der Waals surface area contributed by atoms with E-state index in [4.69, 9.17) is 10.2 Å². The van der Waals surface area contributed by atoms with E-state index in [0.717, 1.165) is 6.08 Å². The molecule has 1 aromatic heterocycles. The van der Waals surface area contributed by atoms with Crippen molar-refractivity contribution < 1.29 is 19.8 Å². The molecule has 2 N–H and O–H groups in total. The van der Waals surface area contributed by atoms with Gasteiger partial charge in [-0.05, 0) is 22.9 Å². The predicted molar refractivity (Wildman–Crippen MR) is 69.5 cm³/mol. The Labute approximate surface area is 114 Å². The normalized spacial score (nSPS) is 8.80.